The first kappa shape index (κ1) is 10.5. The van der Waals surface area contributed by atoms with E-state index in [4.69, 9.17) is 0 Å². The van der Waals surface area contributed by atoms with Crippen molar-refractivity contribution in [1.29, 1.82) is 0 Å². The topological polar surface area (TPSA) is 43.1 Å². The molecule has 0 bridgehead atoms. The molecule has 0 saturated carbocycles. The zero-order chi connectivity index (χ0) is 11.2. The van der Waals surface area contributed by atoms with Gasteiger partial charge in [-0.15, -0.1) is 23.5 Å². The fourth-order valence-corrected chi connectivity index (χ4v) is 6.09. The lowest BCUT2D eigenvalue weighted by molar-refractivity contribution is -0.522. The molecule has 1 atom stereocenters. The highest BCUT2D eigenvalue weighted by Gasteiger charge is 2.56. The molecule has 1 heterocycles. The van der Waals surface area contributed by atoms with Crippen LogP contribution in [0, 0.1) is 10.1 Å². The first-order chi connectivity index (χ1) is 7.74. The maximum absolute atomic E-state index is 11.2. The maximum atomic E-state index is 11.2. The molecule has 16 heavy (non-hydrogen) atoms. The van der Waals surface area contributed by atoms with E-state index in [2.05, 4.69) is 6.07 Å². The van der Waals surface area contributed by atoms with Crippen molar-refractivity contribution < 1.29 is 4.92 Å². The monoisotopic (exact) mass is 253 g/mol. The Bertz CT molecular complexity index is 443. The third-order valence-electron chi connectivity index (χ3n) is 3.22. The Kier molecular flexibility index (Phi) is 2.40. The second kappa shape index (κ2) is 3.67. The molecule has 1 aliphatic carbocycles. The predicted molar refractivity (Wildman–Crippen MR) is 67.5 cm³/mol. The zero-order valence-corrected chi connectivity index (χ0v) is 10.2. The maximum Gasteiger partial charge on any atom is 0.244 e. The van der Waals surface area contributed by atoms with E-state index in [1.54, 1.807) is 23.5 Å². The molecule has 0 N–H and O–H groups in total. The van der Waals surface area contributed by atoms with E-state index in [9.17, 15) is 10.1 Å². The molecule has 5 heteroatoms. The predicted octanol–water partition coefficient (Wildman–Crippen LogP) is 2.52. The van der Waals surface area contributed by atoms with Crippen LogP contribution in [-0.4, -0.2) is 22.5 Å². The molecule has 84 valence electrons. The van der Waals surface area contributed by atoms with Crippen molar-refractivity contribution in [3.8, 4) is 0 Å². The number of benzene rings is 1. The summed E-state index contributed by atoms with van der Waals surface area (Å²) in [7, 11) is 0. The van der Waals surface area contributed by atoms with Crippen molar-refractivity contribution >= 4 is 23.5 Å². The lowest BCUT2D eigenvalue weighted by Gasteiger charge is -2.24. The molecule has 1 fully saturated rings. The highest BCUT2D eigenvalue weighted by molar-refractivity contribution is 8.20. The third-order valence-corrected chi connectivity index (χ3v) is 6.84. The van der Waals surface area contributed by atoms with Gasteiger partial charge in [-0.3, -0.25) is 10.1 Å². The summed E-state index contributed by atoms with van der Waals surface area (Å²) in [6.45, 7) is 0. The molecule has 0 amide bonds. The van der Waals surface area contributed by atoms with E-state index in [1.165, 1.54) is 5.56 Å². The summed E-state index contributed by atoms with van der Waals surface area (Å²) >= 11 is 3.51. The summed E-state index contributed by atoms with van der Waals surface area (Å²) in [5.74, 6) is 2.03. The number of hydrogen-bond donors (Lipinski definition) is 0. The van der Waals surface area contributed by atoms with Gasteiger partial charge in [0.2, 0.25) is 6.04 Å². The van der Waals surface area contributed by atoms with Crippen LogP contribution in [0.2, 0.25) is 0 Å². The van der Waals surface area contributed by atoms with Gasteiger partial charge in [0.05, 0.1) is 0 Å². The molecule has 1 spiro atoms. The Hall–Kier alpha value is -0.680. The number of thioether (sulfide) groups is 2. The zero-order valence-electron chi connectivity index (χ0n) is 8.59. The second-order valence-corrected chi connectivity index (χ2v) is 6.97. The number of hydrogen-bond acceptors (Lipinski definition) is 4. The van der Waals surface area contributed by atoms with E-state index in [0.29, 0.717) is 6.42 Å². The van der Waals surface area contributed by atoms with Crippen LogP contribution in [0.3, 0.4) is 0 Å². The van der Waals surface area contributed by atoms with Gasteiger partial charge in [-0.2, -0.15) is 0 Å². The van der Waals surface area contributed by atoms with Crippen molar-refractivity contribution in [2.75, 3.05) is 11.5 Å². The Morgan fingerprint density at radius 1 is 1.31 bits per heavy atom. The van der Waals surface area contributed by atoms with Crippen molar-refractivity contribution in [2.45, 2.75) is 16.5 Å². The summed E-state index contributed by atoms with van der Waals surface area (Å²) in [6.07, 6.45) is 0.586. The minimum atomic E-state index is -0.456. The van der Waals surface area contributed by atoms with Crippen LogP contribution < -0.4 is 0 Å². The molecule has 1 aromatic carbocycles. The number of fused-ring (bicyclic) bond motifs is 2. The molecule has 3 rings (SSSR count). The van der Waals surface area contributed by atoms with Crippen LogP contribution >= 0.6 is 23.5 Å². The van der Waals surface area contributed by atoms with Crippen LogP contribution in [0.25, 0.3) is 0 Å². The summed E-state index contributed by atoms with van der Waals surface area (Å²) in [5, 5.41) is 11.2. The average Bonchev–Trinajstić information content (AvgIpc) is 2.87. The molecule has 0 aromatic heterocycles. The van der Waals surface area contributed by atoms with Crippen LogP contribution in [0.1, 0.15) is 11.1 Å². The summed E-state index contributed by atoms with van der Waals surface area (Å²) in [4.78, 5) is 11.1. The first-order valence-electron chi connectivity index (χ1n) is 5.24. The lowest BCUT2D eigenvalue weighted by atomic mass is 10.1. The van der Waals surface area contributed by atoms with E-state index >= 15 is 0 Å². The highest BCUT2D eigenvalue weighted by Crippen LogP contribution is 2.59. The molecular weight excluding hydrogens is 242 g/mol. The molecule has 1 saturated heterocycles. The van der Waals surface area contributed by atoms with Gasteiger partial charge in [0.1, 0.15) is 0 Å². The Balaban J connectivity index is 2.13. The average molecular weight is 253 g/mol. The van der Waals surface area contributed by atoms with Gasteiger partial charge < -0.3 is 0 Å². The first-order valence-corrected chi connectivity index (χ1v) is 7.21. The number of nitrogens with zero attached hydrogens (tertiary/aromatic N) is 1. The number of nitro groups is 1. The van der Waals surface area contributed by atoms with Crippen LogP contribution in [0.5, 0.6) is 0 Å². The Labute approximate surface area is 102 Å². The van der Waals surface area contributed by atoms with E-state index in [-0.39, 0.29) is 9.00 Å². The van der Waals surface area contributed by atoms with E-state index in [0.717, 1.165) is 17.1 Å². The van der Waals surface area contributed by atoms with Crippen molar-refractivity contribution in [3.05, 3.63) is 45.5 Å². The molecule has 2 aliphatic rings. The lowest BCUT2D eigenvalue weighted by Crippen LogP contribution is -2.34. The van der Waals surface area contributed by atoms with Gasteiger partial charge in [0.15, 0.2) is 4.08 Å². The molecule has 0 radical (unpaired) electrons. The number of rotatable bonds is 1. The summed E-state index contributed by atoms with van der Waals surface area (Å²) in [6, 6.07) is 7.59. The van der Waals surface area contributed by atoms with Gasteiger partial charge in [0, 0.05) is 22.8 Å². The van der Waals surface area contributed by atoms with Gasteiger partial charge in [0.25, 0.3) is 0 Å². The largest absolute Gasteiger partial charge is 0.264 e. The van der Waals surface area contributed by atoms with Gasteiger partial charge >= 0.3 is 0 Å². The van der Waals surface area contributed by atoms with E-state index in [1.807, 2.05) is 18.2 Å². The van der Waals surface area contributed by atoms with Crippen LogP contribution in [-0.2, 0) is 10.5 Å². The molecule has 1 aromatic rings. The van der Waals surface area contributed by atoms with Crippen molar-refractivity contribution in [1.82, 2.24) is 0 Å². The van der Waals surface area contributed by atoms with Crippen molar-refractivity contribution in [3.63, 3.8) is 0 Å². The van der Waals surface area contributed by atoms with Gasteiger partial charge in [-0.1, -0.05) is 24.3 Å². The van der Waals surface area contributed by atoms with Crippen LogP contribution in [0.4, 0.5) is 0 Å². The fraction of sp³-hybridized carbons (Fsp3) is 0.455. The minimum absolute atomic E-state index is 0.0919. The van der Waals surface area contributed by atoms with Gasteiger partial charge in [-0.05, 0) is 11.1 Å². The molecule has 1 aliphatic heterocycles. The molecule has 3 nitrogen and oxygen atoms in total. The smallest absolute Gasteiger partial charge is 0.244 e. The summed E-state index contributed by atoms with van der Waals surface area (Å²) < 4.78 is -0.305. The van der Waals surface area contributed by atoms with E-state index < -0.39 is 6.04 Å². The van der Waals surface area contributed by atoms with Crippen molar-refractivity contribution in [2.24, 2.45) is 0 Å². The SMILES string of the molecule is O=[N+]([O-])C1Cc2ccccc2C12SCCS2. The standard InChI is InChI=1S/C11H11NO2S2/c13-12(14)10-7-8-3-1-2-4-9(8)11(10)15-5-6-16-11/h1-4,10H,5-7H2. The molecular formula is C11H11NO2S2. The molecule has 1 unspecified atom stereocenters. The third kappa shape index (κ3) is 1.31. The highest BCUT2D eigenvalue weighted by atomic mass is 32.2. The Morgan fingerprint density at radius 3 is 2.69 bits per heavy atom. The quantitative estimate of drug-likeness (QED) is 0.570. The Morgan fingerprint density at radius 2 is 2.00 bits per heavy atom. The summed E-state index contributed by atoms with van der Waals surface area (Å²) in [5.41, 5.74) is 2.34. The minimum Gasteiger partial charge on any atom is -0.264 e. The van der Waals surface area contributed by atoms with Gasteiger partial charge in [-0.25, -0.2) is 0 Å². The second-order valence-electron chi connectivity index (χ2n) is 4.03. The normalized spacial score (nSPS) is 25.9. The fourth-order valence-electron chi connectivity index (χ4n) is 2.55. The van der Waals surface area contributed by atoms with Crippen LogP contribution in [0.15, 0.2) is 24.3 Å².